The molecule has 0 amide bonds. The maximum absolute atomic E-state index is 9.69. The Morgan fingerprint density at radius 2 is 1.78 bits per heavy atom. The van der Waals surface area contributed by atoms with E-state index in [4.69, 9.17) is 20.4 Å². The van der Waals surface area contributed by atoms with Crippen molar-refractivity contribution < 1.29 is 14.7 Å². The second kappa shape index (κ2) is 9.02. The summed E-state index contributed by atoms with van der Waals surface area (Å²) >= 11 is 0. The molecule has 3 N–H and O–H groups in total. The van der Waals surface area contributed by atoms with E-state index < -0.39 is 6.10 Å². The molecule has 0 saturated carbocycles. The van der Waals surface area contributed by atoms with Crippen LogP contribution < -0.4 is 0 Å². The van der Waals surface area contributed by atoms with Crippen molar-refractivity contribution in [3.63, 3.8) is 0 Å². The molecule has 0 aromatic carbocycles. The number of allylic oxidation sites excluding steroid dienone is 3. The summed E-state index contributed by atoms with van der Waals surface area (Å²) in [6.07, 6.45) is 6.83. The minimum absolute atomic E-state index is 0.194. The summed E-state index contributed by atoms with van der Waals surface area (Å²) in [5, 5.41) is 20.5. The summed E-state index contributed by atoms with van der Waals surface area (Å²) in [7, 11) is 0. The molecule has 0 radical (unpaired) electrons. The van der Waals surface area contributed by atoms with Crippen LogP contribution in [0.3, 0.4) is 0 Å². The molecule has 0 aromatic heterocycles. The van der Waals surface area contributed by atoms with Crippen molar-refractivity contribution in [2.45, 2.75) is 26.9 Å². The Balaban J connectivity index is 0. The van der Waals surface area contributed by atoms with E-state index >= 15 is 0 Å². The first-order valence-electron chi connectivity index (χ1n) is 5.10. The number of hydrogen-bond acceptors (Lipinski definition) is 5. The maximum atomic E-state index is 9.69. The van der Waals surface area contributed by atoms with Gasteiger partial charge in [0.25, 0.3) is 0 Å². The van der Waals surface area contributed by atoms with Crippen LogP contribution in [0.1, 0.15) is 20.8 Å². The van der Waals surface area contributed by atoms with E-state index in [9.17, 15) is 5.11 Å². The number of rotatable bonds is 1. The van der Waals surface area contributed by atoms with Gasteiger partial charge in [-0.2, -0.15) is 0 Å². The molecule has 18 heavy (non-hydrogen) atoms. The summed E-state index contributed by atoms with van der Waals surface area (Å²) in [5.74, 6) is 0. The molecule has 5 heteroatoms. The number of aliphatic hydroxyl groups is 1. The molecule has 0 aliphatic heterocycles. The average Bonchev–Trinajstić information content (AvgIpc) is 2.23. The Bertz CT molecular complexity index is 396. The first kappa shape index (κ1) is 18.3. The third-order valence-electron chi connectivity index (χ3n) is 2.45. The van der Waals surface area contributed by atoms with Crippen LogP contribution in [0.25, 0.3) is 0 Å². The number of aliphatic hydroxyl groups excluding tert-OH is 1. The van der Waals surface area contributed by atoms with Crippen molar-refractivity contribution in [2.75, 3.05) is 0 Å². The van der Waals surface area contributed by atoms with Gasteiger partial charge in [-0.25, -0.2) is 20.4 Å². The molecule has 0 bridgehead atoms. The van der Waals surface area contributed by atoms with Crippen LogP contribution in [0.4, 0.5) is 0 Å². The molecule has 5 nitrogen and oxygen atoms in total. The second-order valence-electron chi connectivity index (χ2n) is 4.12. The van der Waals surface area contributed by atoms with Crippen LogP contribution in [-0.2, 0) is 9.59 Å². The van der Waals surface area contributed by atoms with Crippen LogP contribution in [0.15, 0.2) is 36.0 Å². The first-order chi connectivity index (χ1) is 8.29. The lowest BCUT2D eigenvalue weighted by molar-refractivity contribution is 0.117. The van der Waals surface area contributed by atoms with Crippen molar-refractivity contribution >= 4 is 12.2 Å². The average molecular weight is 250 g/mol. The van der Waals surface area contributed by atoms with Crippen LogP contribution >= 0.6 is 0 Å². The van der Waals surface area contributed by atoms with Gasteiger partial charge in [0.1, 0.15) is 0 Å². The van der Waals surface area contributed by atoms with Crippen molar-refractivity contribution in [1.29, 1.82) is 10.8 Å². The Morgan fingerprint density at radius 3 is 2.06 bits per heavy atom. The molecule has 1 aliphatic rings. The molecule has 0 fully saturated rings. The summed E-state index contributed by atoms with van der Waals surface area (Å²) in [4.78, 5) is 16.7. The molecule has 98 valence electrons. The van der Waals surface area contributed by atoms with Crippen molar-refractivity contribution in [3.05, 3.63) is 36.0 Å². The SMILES string of the molecule is C=C(C)C1=CC=CC(O)C1(C)C.N=C=O.N=C=O. The van der Waals surface area contributed by atoms with E-state index in [0.29, 0.717) is 0 Å². The number of isocyanates is 2. The predicted octanol–water partition coefficient (Wildman–Crippen LogP) is 2.25. The lowest BCUT2D eigenvalue weighted by Gasteiger charge is -2.34. The van der Waals surface area contributed by atoms with E-state index in [0.717, 1.165) is 23.3 Å². The van der Waals surface area contributed by atoms with Crippen LogP contribution in [0.5, 0.6) is 0 Å². The van der Waals surface area contributed by atoms with Gasteiger partial charge in [0.2, 0.25) is 12.2 Å². The highest BCUT2D eigenvalue weighted by molar-refractivity contribution is 5.40. The molecule has 0 aromatic rings. The van der Waals surface area contributed by atoms with Gasteiger partial charge in [-0.05, 0) is 12.5 Å². The zero-order valence-corrected chi connectivity index (χ0v) is 10.8. The van der Waals surface area contributed by atoms with E-state index in [1.807, 2.05) is 39.0 Å². The molecule has 1 atom stereocenters. The standard InChI is InChI=1S/C11H16O.2CHNO/c1-8(2)9-6-5-7-10(12)11(9,3)4;2*2-1-3/h5-7,10,12H,1H2,2-4H3;2*2H. The molecule has 0 heterocycles. The van der Waals surface area contributed by atoms with Gasteiger partial charge in [0.05, 0.1) is 6.10 Å². The molecular weight excluding hydrogens is 232 g/mol. The van der Waals surface area contributed by atoms with Gasteiger partial charge >= 0.3 is 0 Å². The smallest absolute Gasteiger partial charge is 0.231 e. The molecule has 1 unspecified atom stereocenters. The Hall–Kier alpha value is -2.06. The van der Waals surface area contributed by atoms with Gasteiger partial charge in [0.15, 0.2) is 0 Å². The van der Waals surface area contributed by atoms with Gasteiger partial charge in [-0.3, -0.25) is 0 Å². The summed E-state index contributed by atoms with van der Waals surface area (Å²) in [6, 6.07) is 0. The number of nitrogens with one attached hydrogen (secondary N) is 2. The highest BCUT2D eigenvalue weighted by Gasteiger charge is 2.31. The fourth-order valence-corrected chi connectivity index (χ4v) is 1.56. The fraction of sp³-hybridized carbons (Fsp3) is 0.385. The highest BCUT2D eigenvalue weighted by Crippen LogP contribution is 2.37. The predicted molar refractivity (Wildman–Crippen MR) is 68.7 cm³/mol. The topological polar surface area (TPSA) is 102 Å². The third kappa shape index (κ3) is 5.87. The van der Waals surface area contributed by atoms with Crippen LogP contribution in [0.2, 0.25) is 0 Å². The fourth-order valence-electron chi connectivity index (χ4n) is 1.56. The summed E-state index contributed by atoms with van der Waals surface area (Å²) in [6.45, 7) is 9.93. The molecule has 1 rings (SSSR count). The second-order valence-corrected chi connectivity index (χ2v) is 4.12. The Kier molecular flexibility index (Phi) is 9.18. The third-order valence-corrected chi connectivity index (χ3v) is 2.45. The van der Waals surface area contributed by atoms with Gasteiger partial charge in [0, 0.05) is 5.41 Å². The van der Waals surface area contributed by atoms with E-state index in [-0.39, 0.29) is 5.41 Å². The van der Waals surface area contributed by atoms with Crippen molar-refractivity contribution in [3.8, 4) is 0 Å². The normalized spacial score (nSPS) is 18.7. The van der Waals surface area contributed by atoms with E-state index in [1.54, 1.807) is 0 Å². The highest BCUT2D eigenvalue weighted by atomic mass is 16.3. The summed E-state index contributed by atoms with van der Waals surface area (Å²) in [5.41, 5.74) is 1.97. The van der Waals surface area contributed by atoms with Gasteiger partial charge in [-0.15, -0.1) is 0 Å². The lowest BCUT2D eigenvalue weighted by atomic mass is 9.74. The quantitative estimate of drug-likeness (QED) is 0.491. The number of hydrogen-bond donors (Lipinski definition) is 3. The van der Waals surface area contributed by atoms with Crippen LogP contribution in [-0.4, -0.2) is 23.4 Å². The zero-order chi connectivity index (χ0) is 14.8. The Morgan fingerprint density at radius 1 is 1.39 bits per heavy atom. The van der Waals surface area contributed by atoms with Gasteiger partial charge < -0.3 is 5.11 Å². The molecule has 0 saturated heterocycles. The van der Waals surface area contributed by atoms with Crippen molar-refractivity contribution in [2.24, 2.45) is 5.41 Å². The number of carbonyl (C=O) groups excluding carboxylic acids is 2. The molecule has 1 aliphatic carbocycles. The zero-order valence-electron chi connectivity index (χ0n) is 10.8. The van der Waals surface area contributed by atoms with E-state index in [2.05, 4.69) is 6.58 Å². The maximum Gasteiger partial charge on any atom is 0.231 e. The summed E-state index contributed by atoms with van der Waals surface area (Å²) < 4.78 is 0. The minimum Gasteiger partial charge on any atom is -0.388 e. The van der Waals surface area contributed by atoms with Crippen molar-refractivity contribution in [1.82, 2.24) is 0 Å². The molecular formula is C13H18N2O3. The molecule has 0 spiro atoms. The minimum atomic E-state index is -0.394. The van der Waals surface area contributed by atoms with E-state index in [1.165, 1.54) is 0 Å². The monoisotopic (exact) mass is 250 g/mol. The van der Waals surface area contributed by atoms with Crippen LogP contribution in [0, 0.1) is 16.2 Å². The lowest BCUT2D eigenvalue weighted by Crippen LogP contribution is -2.31. The first-order valence-corrected chi connectivity index (χ1v) is 5.10. The van der Waals surface area contributed by atoms with Gasteiger partial charge in [-0.1, -0.05) is 44.2 Å². The largest absolute Gasteiger partial charge is 0.388 e. The Labute approximate surface area is 107 Å².